The number of hydrogen-bond acceptors (Lipinski definition) is 7. The van der Waals surface area contributed by atoms with Crippen molar-refractivity contribution in [2.24, 2.45) is 5.73 Å². The van der Waals surface area contributed by atoms with Gasteiger partial charge in [0, 0.05) is 38.3 Å². The second-order valence-electron chi connectivity index (χ2n) is 11.3. The average molecular weight is 568 g/mol. The van der Waals surface area contributed by atoms with Crippen molar-refractivity contribution >= 4 is 40.5 Å². The van der Waals surface area contributed by atoms with Gasteiger partial charge in [0.05, 0.1) is 35.0 Å². The summed E-state index contributed by atoms with van der Waals surface area (Å²) in [6.45, 7) is 6.38. The van der Waals surface area contributed by atoms with Crippen LogP contribution in [-0.2, 0) is 9.47 Å². The van der Waals surface area contributed by atoms with Crippen molar-refractivity contribution < 1.29 is 19.1 Å². The van der Waals surface area contributed by atoms with Gasteiger partial charge in [-0.3, -0.25) is 9.69 Å². The summed E-state index contributed by atoms with van der Waals surface area (Å²) in [4.78, 5) is 31.7. The lowest BCUT2D eigenvalue weighted by Gasteiger charge is -2.26. The number of imidazole rings is 1. The molecule has 0 unspecified atom stereocenters. The van der Waals surface area contributed by atoms with Crippen LogP contribution in [0, 0.1) is 11.8 Å². The van der Waals surface area contributed by atoms with E-state index in [9.17, 15) is 9.59 Å². The van der Waals surface area contributed by atoms with E-state index in [4.69, 9.17) is 31.9 Å². The van der Waals surface area contributed by atoms with E-state index in [0.29, 0.717) is 36.2 Å². The summed E-state index contributed by atoms with van der Waals surface area (Å²) >= 11 is 6.61. The standard InChI is InChI=1S/C28H34ClN7O4/c1-28(2,3)40-27(38)34(4)26-24(25(30)37)21(33-36(26)19-11-17(14-39-5)31-13-19)9-6-16-10-22-23(12-20(16)29)35(15-32-22)18-7-8-18/h10,12,15,17-19,31H,7-8,11,13-14H2,1-5H3,(H2,30,37)/t17-,19+/m1/s1. The van der Waals surface area contributed by atoms with Gasteiger partial charge in [0.15, 0.2) is 11.5 Å². The lowest BCUT2D eigenvalue weighted by atomic mass is 10.1. The Morgan fingerprint density at radius 1 is 1.25 bits per heavy atom. The number of nitrogens with one attached hydrogen (secondary N) is 1. The van der Waals surface area contributed by atoms with Gasteiger partial charge in [0.1, 0.15) is 11.2 Å². The van der Waals surface area contributed by atoms with Gasteiger partial charge < -0.3 is 25.1 Å². The molecule has 3 heterocycles. The number of rotatable bonds is 6. The third-order valence-electron chi connectivity index (χ3n) is 6.95. The zero-order valence-electron chi connectivity index (χ0n) is 23.3. The molecule has 3 aromatic rings. The number of primary amides is 1. The summed E-state index contributed by atoms with van der Waals surface area (Å²) in [6.07, 6.45) is 4.11. The summed E-state index contributed by atoms with van der Waals surface area (Å²) in [5.74, 6) is 5.51. The normalized spacial score (nSPS) is 18.9. The van der Waals surface area contributed by atoms with Crippen LogP contribution in [0.1, 0.15) is 73.7 Å². The number of benzene rings is 1. The number of nitrogens with two attached hydrogens (primary N) is 1. The van der Waals surface area contributed by atoms with Gasteiger partial charge >= 0.3 is 6.09 Å². The highest BCUT2D eigenvalue weighted by molar-refractivity contribution is 6.32. The SMILES string of the molecule is COC[C@H]1C[C@H](n2nc(C#Cc3cc4ncn(C5CC5)c4cc3Cl)c(C(N)=O)c2N(C)C(=O)OC(C)(C)C)CN1. The second kappa shape index (κ2) is 10.8. The van der Waals surface area contributed by atoms with E-state index < -0.39 is 17.6 Å². The number of methoxy groups -OCH3 is 1. The number of anilines is 1. The molecule has 1 aliphatic carbocycles. The molecule has 3 N–H and O–H groups in total. The lowest BCUT2D eigenvalue weighted by molar-refractivity contribution is 0.0586. The molecular formula is C28H34ClN7O4. The Kier molecular flexibility index (Phi) is 7.52. The quantitative estimate of drug-likeness (QED) is 0.435. The zero-order valence-corrected chi connectivity index (χ0v) is 24.1. The summed E-state index contributed by atoms with van der Waals surface area (Å²) in [5.41, 5.74) is 7.59. The van der Waals surface area contributed by atoms with Crippen LogP contribution in [0.4, 0.5) is 10.6 Å². The molecule has 2 amide bonds. The first-order valence-electron chi connectivity index (χ1n) is 13.3. The first kappa shape index (κ1) is 28.0. The Balaban J connectivity index is 1.57. The molecule has 2 fully saturated rings. The predicted molar refractivity (Wildman–Crippen MR) is 152 cm³/mol. The number of fused-ring (bicyclic) bond motifs is 1. The maximum absolute atomic E-state index is 13.1. The largest absolute Gasteiger partial charge is 0.443 e. The molecule has 2 aromatic heterocycles. The van der Waals surface area contributed by atoms with Gasteiger partial charge in [0.25, 0.3) is 5.91 Å². The first-order chi connectivity index (χ1) is 19.0. The molecular weight excluding hydrogens is 534 g/mol. The van der Waals surface area contributed by atoms with Crippen LogP contribution in [0.5, 0.6) is 0 Å². The minimum absolute atomic E-state index is 0.0336. The number of carbonyl (C=O) groups is 2. The maximum atomic E-state index is 13.1. The van der Waals surface area contributed by atoms with E-state index in [1.165, 1.54) is 11.9 Å². The van der Waals surface area contributed by atoms with Gasteiger partial charge in [0.2, 0.25) is 0 Å². The number of nitrogens with zero attached hydrogens (tertiary/aromatic N) is 5. The Bertz CT molecular complexity index is 1520. The fourth-order valence-electron chi connectivity index (χ4n) is 4.96. The van der Waals surface area contributed by atoms with E-state index in [2.05, 4.69) is 26.7 Å². The topological polar surface area (TPSA) is 130 Å². The number of amides is 2. The maximum Gasteiger partial charge on any atom is 0.415 e. The van der Waals surface area contributed by atoms with Gasteiger partial charge in [-0.1, -0.05) is 17.5 Å². The second-order valence-corrected chi connectivity index (χ2v) is 11.7. The molecule has 0 spiro atoms. The van der Waals surface area contributed by atoms with Crippen molar-refractivity contribution in [2.75, 3.05) is 32.2 Å². The Hall–Kier alpha value is -3.59. The van der Waals surface area contributed by atoms with Gasteiger partial charge in [-0.15, -0.1) is 0 Å². The van der Waals surface area contributed by atoms with Crippen molar-refractivity contribution in [3.8, 4) is 11.8 Å². The molecule has 0 bridgehead atoms. The minimum atomic E-state index is -0.759. The molecule has 212 valence electrons. The van der Waals surface area contributed by atoms with E-state index in [-0.39, 0.29) is 29.2 Å². The molecule has 1 saturated carbocycles. The molecule has 0 radical (unpaired) electrons. The molecule has 40 heavy (non-hydrogen) atoms. The third-order valence-corrected chi connectivity index (χ3v) is 7.26. The van der Waals surface area contributed by atoms with Crippen LogP contribution >= 0.6 is 11.6 Å². The van der Waals surface area contributed by atoms with Gasteiger partial charge in [-0.25, -0.2) is 14.5 Å². The molecule has 12 heteroatoms. The number of hydrogen-bond donors (Lipinski definition) is 2. The predicted octanol–water partition coefficient (Wildman–Crippen LogP) is 3.64. The van der Waals surface area contributed by atoms with Crippen molar-refractivity contribution in [1.29, 1.82) is 0 Å². The molecule has 2 atom stereocenters. The van der Waals surface area contributed by atoms with E-state index in [1.807, 2.05) is 18.5 Å². The summed E-state index contributed by atoms with van der Waals surface area (Å²) in [5, 5.41) is 8.56. The number of carbonyl (C=O) groups excluding carboxylic acids is 2. The van der Waals surface area contributed by atoms with Crippen molar-refractivity contribution in [3.05, 3.63) is 40.3 Å². The number of halogens is 1. The monoisotopic (exact) mass is 567 g/mol. The van der Waals surface area contributed by atoms with Crippen LogP contribution in [0.25, 0.3) is 11.0 Å². The first-order valence-corrected chi connectivity index (χ1v) is 13.6. The molecule has 1 aromatic carbocycles. The fourth-order valence-corrected chi connectivity index (χ4v) is 5.16. The minimum Gasteiger partial charge on any atom is -0.443 e. The van der Waals surface area contributed by atoms with Crippen LogP contribution in [-0.4, -0.2) is 70.3 Å². The molecule has 2 aliphatic rings. The van der Waals surface area contributed by atoms with E-state index in [0.717, 1.165) is 23.9 Å². The van der Waals surface area contributed by atoms with Crippen molar-refractivity contribution in [1.82, 2.24) is 24.6 Å². The Morgan fingerprint density at radius 3 is 2.65 bits per heavy atom. The smallest absolute Gasteiger partial charge is 0.415 e. The van der Waals surface area contributed by atoms with Gasteiger partial charge in [-0.05, 0) is 58.1 Å². The summed E-state index contributed by atoms with van der Waals surface area (Å²) < 4.78 is 14.7. The highest BCUT2D eigenvalue weighted by Crippen LogP contribution is 2.38. The van der Waals surface area contributed by atoms with Crippen LogP contribution in [0.15, 0.2) is 18.5 Å². The Labute approximate surface area is 237 Å². The van der Waals surface area contributed by atoms with Gasteiger partial charge in [-0.2, -0.15) is 5.10 Å². The number of aromatic nitrogens is 4. The van der Waals surface area contributed by atoms with Crippen LogP contribution in [0.2, 0.25) is 5.02 Å². The molecule has 1 saturated heterocycles. The fraction of sp³-hybridized carbons (Fsp3) is 0.500. The molecule has 11 nitrogen and oxygen atoms in total. The highest BCUT2D eigenvalue weighted by atomic mass is 35.5. The zero-order chi connectivity index (χ0) is 28.8. The highest BCUT2D eigenvalue weighted by Gasteiger charge is 2.35. The van der Waals surface area contributed by atoms with Crippen molar-refractivity contribution in [3.63, 3.8) is 0 Å². The van der Waals surface area contributed by atoms with Crippen LogP contribution < -0.4 is 16.0 Å². The summed E-state index contributed by atoms with van der Waals surface area (Å²) in [6, 6.07) is 4.07. The average Bonchev–Trinajstić information content (AvgIpc) is 3.29. The third kappa shape index (κ3) is 5.66. The van der Waals surface area contributed by atoms with Crippen LogP contribution in [0.3, 0.4) is 0 Å². The lowest BCUT2D eigenvalue weighted by Crippen LogP contribution is -2.37. The molecule has 1 aliphatic heterocycles. The number of ether oxygens (including phenoxy) is 2. The molecule has 5 rings (SSSR count). The van der Waals surface area contributed by atoms with Crippen molar-refractivity contribution in [2.45, 2.75) is 63.8 Å². The van der Waals surface area contributed by atoms with E-state index >= 15 is 0 Å². The summed E-state index contributed by atoms with van der Waals surface area (Å²) in [7, 11) is 3.17. The Morgan fingerprint density at radius 2 is 2.00 bits per heavy atom. The van der Waals surface area contributed by atoms with E-state index in [1.54, 1.807) is 32.6 Å².